The Kier molecular flexibility index (Phi) is 4.12. The first-order valence-electron chi connectivity index (χ1n) is 6.94. The monoisotopic (exact) mass is 396 g/mol. The number of rotatable bonds is 0. The van der Waals surface area contributed by atoms with E-state index >= 15 is 0 Å². The van der Waals surface area contributed by atoms with Crippen LogP contribution in [0.15, 0.2) is 33.2 Å². The van der Waals surface area contributed by atoms with E-state index in [9.17, 15) is 0 Å². The lowest BCUT2D eigenvalue weighted by Crippen LogP contribution is -2.13. The predicted molar refractivity (Wildman–Crippen MR) is 96.7 cm³/mol. The molecule has 0 saturated carbocycles. The SMILES string of the molecule is CC(C)(C)c1ccc2c(Br)c(C(C)(C)C)cc(Br)c2c1. The molecule has 0 aromatic heterocycles. The van der Waals surface area contributed by atoms with Crippen LogP contribution in [0.2, 0.25) is 0 Å². The fourth-order valence-corrected chi connectivity index (χ4v) is 3.97. The summed E-state index contributed by atoms with van der Waals surface area (Å²) in [5.74, 6) is 0. The molecular weight excluding hydrogens is 376 g/mol. The average molecular weight is 398 g/mol. The standard InChI is InChI=1S/C18H22Br2/c1-17(2,3)11-7-8-12-13(9-11)15(19)10-14(16(12)20)18(4,5)6/h7-10H,1-6H3. The van der Waals surface area contributed by atoms with Gasteiger partial charge in [-0.3, -0.25) is 0 Å². The van der Waals surface area contributed by atoms with Crippen molar-refractivity contribution in [3.63, 3.8) is 0 Å². The van der Waals surface area contributed by atoms with Gasteiger partial charge in [-0.15, -0.1) is 0 Å². The summed E-state index contributed by atoms with van der Waals surface area (Å²) in [4.78, 5) is 0. The largest absolute Gasteiger partial charge is 0.0578 e. The molecule has 2 aromatic carbocycles. The summed E-state index contributed by atoms with van der Waals surface area (Å²) in [6.07, 6.45) is 0. The minimum atomic E-state index is 0.123. The van der Waals surface area contributed by atoms with Crippen molar-refractivity contribution in [3.05, 3.63) is 44.3 Å². The van der Waals surface area contributed by atoms with Crippen molar-refractivity contribution >= 4 is 42.6 Å². The first-order chi connectivity index (χ1) is 9.01. The maximum atomic E-state index is 3.81. The summed E-state index contributed by atoms with van der Waals surface area (Å²) < 4.78 is 2.38. The zero-order valence-corrected chi connectivity index (χ0v) is 16.2. The van der Waals surface area contributed by atoms with Crippen molar-refractivity contribution in [1.82, 2.24) is 0 Å². The molecule has 0 unspecified atom stereocenters. The Bertz CT molecular complexity index is 656. The molecule has 108 valence electrons. The second-order valence-corrected chi connectivity index (χ2v) is 9.13. The summed E-state index contributed by atoms with van der Waals surface area (Å²) in [5.41, 5.74) is 2.99. The van der Waals surface area contributed by atoms with Crippen molar-refractivity contribution in [2.24, 2.45) is 0 Å². The van der Waals surface area contributed by atoms with E-state index in [1.807, 2.05) is 0 Å². The smallest absolute Gasteiger partial charge is 0.0291 e. The molecule has 2 aromatic rings. The van der Waals surface area contributed by atoms with Crippen LogP contribution >= 0.6 is 31.9 Å². The second-order valence-electron chi connectivity index (χ2n) is 7.48. The van der Waals surface area contributed by atoms with Gasteiger partial charge in [0.15, 0.2) is 0 Å². The van der Waals surface area contributed by atoms with Crippen LogP contribution in [0.1, 0.15) is 52.7 Å². The highest BCUT2D eigenvalue weighted by Gasteiger charge is 2.21. The van der Waals surface area contributed by atoms with Crippen LogP contribution in [0.5, 0.6) is 0 Å². The number of benzene rings is 2. The average Bonchev–Trinajstić information content (AvgIpc) is 2.30. The van der Waals surface area contributed by atoms with Crippen LogP contribution in [-0.4, -0.2) is 0 Å². The maximum Gasteiger partial charge on any atom is 0.0291 e. The van der Waals surface area contributed by atoms with Crippen molar-refractivity contribution in [2.45, 2.75) is 52.4 Å². The van der Waals surface area contributed by atoms with Gasteiger partial charge in [-0.1, -0.05) is 69.6 Å². The predicted octanol–water partition coefficient (Wildman–Crippen LogP) is 6.96. The molecule has 0 amide bonds. The van der Waals surface area contributed by atoms with Gasteiger partial charge in [0.1, 0.15) is 0 Å². The minimum Gasteiger partial charge on any atom is -0.0578 e. The molecule has 0 radical (unpaired) electrons. The van der Waals surface area contributed by atoms with Crippen molar-refractivity contribution in [1.29, 1.82) is 0 Å². The quantitative estimate of drug-likeness (QED) is 0.450. The minimum absolute atomic E-state index is 0.123. The fraction of sp³-hybridized carbons (Fsp3) is 0.444. The van der Waals surface area contributed by atoms with E-state index in [1.54, 1.807) is 0 Å². The van der Waals surface area contributed by atoms with Crippen LogP contribution in [0.25, 0.3) is 10.8 Å². The molecule has 0 saturated heterocycles. The molecule has 2 rings (SSSR count). The third-order valence-electron chi connectivity index (χ3n) is 3.69. The van der Waals surface area contributed by atoms with Gasteiger partial charge in [0.05, 0.1) is 0 Å². The Morgan fingerprint density at radius 3 is 1.85 bits per heavy atom. The van der Waals surface area contributed by atoms with Crippen LogP contribution in [0, 0.1) is 0 Å². The maximum absolute atomic E-state index is 3.81. The highest BCUT2D eigenvalue weighted by Crippen LogP contribution is 2.40. The summed E-state index contributed by atoms with van der Waals surface area (Å²) in [6, 6.07) is 9.03. The molecule has 0 bridgehead atoms. The zero-order valence-electron chi connectivity index (χ0n) is 13.1. The van der Waals surface area contributed by atoms with Gasteiger partial charge >= 0.3 is 0 Å². The van der Waals surface area contributed by atoms with Gasteiger partial charge in [-0.2, -0.15) is 0 Å². The van der Waals surface area contributed by atoms with Crippen molar-refractivity contribution in [2.75, 3.05) is 0 Å². The third kappa shape index (κ3) is 2.96. The fourth-order valence-electron chi connectivity index (χ4n) is 2.36. The van der Waals surface area contributed by atoms with Gasteiger partial charge in [0.2, 0.25) is 0 Å². The normalized spacial score (nSPS) is 13.0. The lowest BCUT2D eigenvalue weighted by atomic mass is 9.83. The summed E-state index contributed by atoms with van der Waals surface area (Å²) in [5, 5.41) is 2.55. The van der Waals surface area contributed by atoms with E-state index in [2.05, 4.69) is 97.7 Å². The number of hydrogen-bond donors (Lipinski definition) is 0. The molecule has 0 N–H and O–H groups in total. The number of hydrogen-bond acceptors (Lipinski definition) is 0. The molecule has 20 heavy (non-hydrogen) atoms. The highest BCUT2D eigenvalue weighted by atomic mass is 79.9. The van der Waals surface area contributed by atoms with E-state index in [4.69, 9.17) is 0 Å². The lowest BCUT2D eigenvalue weighted by molar-refractivity contribution is 0.587. The first-order valence-corrected chi connectivity index (χ1v) is 8.53. The van der Waals surface area contributed by atoms with Crippen LogP contribution < -0.4 is 0 Å². The summed E-state index contributed by atoms with van der Waals surface area (Å²) >= 11 is 7.56. The van der Waals surface area contributed by atoms with E-state index < -0.39 is 0 Å². The van der Waals surface area contributed by atoms with Gasteiger partial charge in [0, 0.05) is 8.95 Å². The molecule has 2 heteroatoms. The van der Waals surface area contributed by atoms with Crippen LogP contribution in [0.4, 0.5) is 0 Å². The highest BCUT2D eigenvalue weighted by molar-refractivity contribution is 9.11. The van der Waals surface area contributed by atoms with E-state index in [0.29, 0.717) is 0 Å². The molecule has 0 aliphatic carbocycles. The molecule has 0 aliphatic heterocycles. The van der Waals surface area contributed by atoms with Crippen molar-refractivity contribution in [3.8, 4) is 0 Å². The van der Waals surface area contributed by atoms with Gasteiger partial charge in [-0.25, -0.2) is 0 Å². The number of halogens is 2. The second kappa shape index (κ2) is 5.14. The summed E-state index contributed by atoms with van der Waals surface area (Å²) in [6.45, 7) is 13.5. The van der Waals surface area contributed by atoms with Gasteiger partial charge < -0.3 is 0 Å². The molecule has 0 atom stereocenters. The first kappa shape index (κ1) is 16.0. The number of fused-ring (bicyclic) bond motifs is 1. The van der Waals surface area contributed by atoms with E-state index in [1.165, 1.54) is 30.8 Å². The van der Waals surface area contributed by atoms with E-state index in [-0.39, 0.29) is 10.8 Å². The third-order valence-corrected chi connectivity index (χ3v) is 5.21. The molecule has 0 heterocycles. The van der Waals surface area contributed by atoms with Gasteiger partial charge in [-0.05, 0) is 60.8 Å². The Hall–Kier alpha value is -0.340. The Morgan fingerprint density at radius 2 is 1.35 bits per heavy atom. The Morgan fingerprint density at radius 1 is 0.750 bits per heavy atom. The Balaban J connectivity index is 2.79. The van der Waals surface area contributed by atoms with Crippen LogP contribution in [0.3, 0.4) is 0 Å². The summed E-state index contributed by atoms with van der Waals surface area (Å²) in [7, 11) is 0. The van der Waals surface area contributed by atoms with E-state index in [0.717, 1.165) is 0 Å². The topological polar surface area (TPSA) is 0 Å². The zero-order chi connectivity index (χ0) is 15.3. The molecule has 0 fully saturated rings. The Labute approximate surface area is 139 Å². The molecular formula is C18H22Br2. The molecule has 0 aliphatic rings. The lowest BCUT2D eigenvalue weighted by Gasteiger charge is -2.24. The van der Waals surface area contributed by atoms with Crippen molar-refractivity contribution < 1.29 is 0 Å². The van der Waals surface area contributed by atoms with Gasteiger partial charge in [0.25, 0.3) is 0 Å². The molecule has 0 nitrogen and oxygen atoms in total. The van der Waals surface area contributed by atoms with Crippen LogP contribution in [-0.2, 0) is 10.8 Å². The molecule has 0 spiro atoms.